The van der Waals surface area contributed by atoms with E-state index in [1.807, 2.05) is 47.4 Å². The molecule has 5 rings (SSSR count). The van der Waals surface area contributed by atoms with Crippen molar-refractivity contribution in [2.75, 3.05) is 6.54 Å². The van der Waals surface area contributed by atoms with Gasteiger partial charge in [-0.1, -0.05) is 30.3 Å². The monoisotopic (exact) mass is 372 g/mol. The number of aromatic nitrogens is 3. The van der Waals surface area contributed by atoms with Crippen LogP contribution in [0.25, 0.3) is 21.8 Å². The van der Waals surface area contributed by atoms with E-state index >= 15 is 0 Å². The Kier molecular flexibility index (Phi) is 3.79. The van der Waals surface area contributed by atoms with Gasteiger partial charge in [0.15, 0.2) is 0 Å². The second kappa shape index (κ2) is 6.34. The van der Waals surface area contributed by atoms with Gasteiger partial charge in [-0.15, -0.1) is 0 Å². The molecule has 1 fully saturated rings. The summed E-state index contributed by atoms with van der Waals surface area (Å²) in [7, 11) is 1.74. The summed E-state index contributed by atoms with van der Waals surface area (Å²) in [6.07, 6.45) is 3.46. The molecule has 0 spiro atoms. The van der Waals surface area contributed by atoms with Gasteiger partial charge < -0.3 is 9.88 Å². The minimum atomic E-state index is -0.205. The lowest BCUT2D eigenvalue weighted by Gasteiger charge is -2.25. The lowest BCUT2D eigenvalue weighted by atomic mass is 10.1. The van der Waals surface area contributed by atoms with Crippen molar-refractivity contribution in [2.45, 2.75) is 18.9 Å². The summed E-state index contributed by atoms with van der Waals surface area (Å²) in [6.45, 7) is 0.658. The molecule has 6 nitrogen and oxygen atoms in total. The Morgan fingerprint density at radius 1 is 1.11 bits per heavy atom. The van der Waals surface area contributed by atoms with Gasteiger partial charge in [0, 0.05) is 30.7 Å². The molecule has 0 bridgehead atoms. The zero-order chi connectivity index (χ0) is 19.3. The maximum absolute atomic E-state index is 13.4. The third kappa shape index (κ3) is 2.45. The first-order valence-corrected chi connectivity index (χ1v) is 9.48. The van der Waals surface area contributed by atoms with Crippen molar-refractivity contribution in [3.63, 3.8) is 0 Å². The molecule has 0 radical (unpaired) electrons. The van der Waals surface area contributed by atoms with E-state index in [1.165, 1.54) is 0 Å². The van der Waals surface area contributed by atoms with E-state index in [0.29, 0.717) is 28.8 Å². The first-order chi connectivity index (χ1) is 13.6. The average molecular weight is 372 g/mol. The van der Waals surface area contributed by atoms with E-state index in [4.69, 9.17) is 4.98 Å². The number of para-hydroxylation sites is 2. The number of H-pyrrole nitrogens is 1. The van der Waals surface area contributed by atoms with Crippen molar-refractivity contribution in [1.29, 1.82) is 0 Å². The number of likely N-dealkylation sites (tertiary alicyclic amines) is 1. The number of nitrogens with one attached hydrogen (secondary N) is 1. The van der Waals surface area contributed by atoms with E-state index in [0.717, 1.165) is 23.7 Å². The van der Waals surface area contributed by atoms with E-state index < -0.39 is 0 Å². The van der Waals surface area contributed by atoms with Crippen molar-refractivity contribution >= 4 is 27.7 Å². The number of amides is 1. The topological polar surface area (TPSA) is 71.0 Å². The van der Waals surface area contributed by atoms with Crippen molar-refractivity contribution in [3.8, 4) is 0 Å². The maximum atomic E-state index is 13.4. The summed E-state index contributed by atoms with van der Waals surface area (Å²) in [5, 5.41) is 1.51. The summed E-state index contributed by atoms with van der Waals surface area (Å²) >= 11 is 0. The molecule has 1 unspecified atom stereocenters. The lowest BCUT2D eigenvalue weighted by Crippen LogP contribution is -2.34. The van der Waals surface area contributed by atoms with E-state index in [9.17, 15) is 9.59 Å². The van der Waals surface area contributed by atoms with Crippen molar-refractivity contribution in [1.82, 2.24) is 19.4 Å². The normalized spacial score (nSPS) is 16.9. The van der Waals surface area contributed by atoms with Crippen LogP contribution in [0.3, 0.4) is 0 Å². The summed E-state index contributed by atoms with van der Waals surface area (Å²) in [4.78, 5) is 35.9. The fourth-order valence-electron chi connectivity index (χ4n) is 4.21. The largest absolute Gasteiger partial charge is 0.360 e. The van der Waals surface area contributed by atoms with Gasteiger partial charge in [0.25, 0.3) is 11.5 Å². The van der Waals surface area contributed by atoms with E-state index in [1.54, 1.807) is 23.9 Å². The molecular weight excluding hydrogens is 352 g/mol. The number of hydrogen-bond donors (Lipinski definition) is 1. The SMILES string of the molecule is Cn1c(C2CCCN2C(=O)c2c[nH]c3ccccc23)nc2ccccc2c1=O. The lowest BCUT2D eigenvalue weighted by molar-refractivity contribution is 0.0729. The van der Waals surface area contributed by atoms with Crippen LogP contribution in [-0.4, -0.2) is 31.9 Å². The van der Waals surface area contributed by atoms with Gasteiger partial charge >= 0.3 is 0 Å². The highest BCUT2D eigenvalue weighted by Gasteiger charge is 2.34. The predicted molar refractivity (Wildman–Crippen MR) is 108 cm³/mol. The molecule has 1 aliphatic heterocycles. The Hall–Kier alpha value is -3.41. The van der Waals surface area contributed by atoms with Crippen LogP contribution >= 0.6 is 0 Å². The summed E-state index contributed by atoms with van der Waals surface area (Å²) in [5.74, 6) is 0.622. The van der Waals surface area contributed by atoms with Crippen LogP contribution in [0.4, 0.5) is 0 Å². The Morgan fingerprint density at radius 3 is 2.71 bits per heavy atom. The standard InChI is InChI=1S/C22H20N4O2/c1-25-20(24-18-10-5-3-8-15(18)21(25)27)19-11-6-12-26(19)22(28)16-13-23-17-9-4-2-7-14(16)17/h2-5,7-10,13,19,23H,6,11-12H2,1H3. The van der Waals surface area contributed by atoms with Gasteiger partial charge in [-0.3, -0.25) is 14.2 Å². The highest BCUT2D eigenvalue weighted by molar-refractivity contribution is 6.06. The van der Waals surface area contributed by atoms with E-state index in [-0.39, 0.29) is 17.5 Å². The first-order valence-electron chi connectivity index (χ1n) is 9.48. The van der Waals surface area contributed by atoms with Crippen molar-refractivity contribution < 1.29 is 4.79 Å². The molecular formula is C22H20N4O2. The van der Waals surface area contributed by atoms with Crippen LogP contribution < -0.4 is 5.56 Å². The molecule has 1 atom stereocenters. The molecule has 0 saturated carbocycles. The third-order valence-electron chi connectivity index (χ3n) is 5.65. The van der Waals surface area contributed by atoms with Gasteiger partial charge in [-0.25, -0.2) is 4.98 Å². The quantitative estimate of drug-likeness (QED) is 0.586. The molecule has 1 aliphatic rings. The molecule has 3 heterocycles. The first kappa shape index (κ1) is 16.7. The minimum absolute atomic E-state index is 0.0256. The van der Waals surface area contributed by atoms with Crippen molar-refractivity contribution in [2.24, 2.45) is 7.05 Å². The number of benzene rings is 2. The summed E-state index contributed by atoms with van der Waals surface area (Å²) in [5.41, 5.74) is 2.20. The number of fused-ring (bicyclic) bond motifs is 2. The molecule has 1 saturated heterocycles. The van der Waals surface area contributed by atoms with Crippen LogP contribution in [0, 0.1) is 0 Å². The fourth-order valence-corrected chi connectivity index (χ4v) is 4.21. The second-order valence-corrected chi connectivity index (χ2v) is 7.26. The number of carbonyl (C=O) groups excluding carboxylic acids is 1. The number of nitrogens with zero attached hydrogens (tertiary/aromatic N) is 3. The average Bonchev–Trinajstić information content (AvgIpc) is 3.37. The summed E-state index contributed by atoms with van der Waals surface area (Å²) in [6, 6.07) is 14.9. The molecule has 2 aromatic heterocycles. The second-order valence-electron chi connectivity index (χ2n) is 7.26. The van der Waals surface area contributed by atoms with Gasteiger partial charge in [0.1, 0.15) is 5.82 Å². The molecule has 6 heteroatoms. The zero-order valence-corrected chi connectivity index (χ0v) is 15.6. The summed E-state index contributed by atoms with van der Waals surface area (Å²) < 4.78 is 1.59. The number of carbonyl (C=O) groups is 1. The highest BCUT2D eigenvalue weighted by atomic mass is 16.2. The Labute approximate surface area is 161 Å². The molecule has 0 aliphatic carbocycles. The smallest absolute Gasteiger partial charge is 0.261 e. The predicted octanol–water partition coefficient (Wildman–Crippen LogP) is 3.39. The maximum Gasteiger partial charge on any atom is 0.261 e. The number of aromatic amines is 1. The van der Waals surface area contributed by atoms with E-state index in [2.05, 4.69) is 4.98 Å². The minimum Gasteiger partial charge on any atom is -0.360 e. The molecule has 2 aromatic carbocycles. The Bertz CT molecular complexity index is 1270. The van der Waals surface area contributed by atoms with Gasteiger partial charge in [0.05, 0.1) is 22.5 Å². The van der Waals surface area contributed by atoms with Crippen molar-refractivity contribution in [3.05, 3.63) is 76.5 Å². The van der Waals surface area contributed by atoms with Gasteiger partial charge in [0.2, 0.25) is 0 Å². The fraction of sp³-hybridized carbons (Fsp3) is 0.227. The molecule has 28 heavy (non-hydrogen) atoms. The molecule has 1 amide bonds. The highest BCUT2D eigenvalue weighted by Crippen LogP contribution is 2.33. The van der Waals surface area contributed by atoms with Crippen LogP contribution in [0.15, 0.2) is 59.5 Å². The number of hydrogen-bond acceptors (Lipinski definition) is 3. The molecule has 140 valence electrons. The van der Waals surface area contributed by atoms with Crippen LogP contribution in [0.5, 0.6) is 0 Å². The zero-order valence-electron chi connectivity index (χ0n) is 15.6. The number of rotatable bonds is 2. The van der Waals surface area contributed by atoms with Crippen LogP contribution in [0.2, 0.25) is 0 Å². The Balaban J connectivity index is 1.59. The van der Waals surface area contributed by atoms with Crippen LogP contribution in [-0.2, 0) is 7.05 Å². The molecule has 4 aromatic rings. The van der Waals surface area contributed by atoms with Crippen LogP contribution in [0.1, 0.15) is 35.1 Å². The Morgan fingerprint density at radius 2 is 1.86 bits per heavy atom. The van der Waals surface area contributed by atoms with Gasteiger partial charge in [-0.2, -0.15) is 0 Å². The molecule has 1 N–H and O–H groups in total. The third-order valence-corrected chi connectivity index (χ3v) is 5.65. The van der Waals surface area contributed by atoms with Gasteiger partial charge in [-0.05, 0) is 31.0 Å².